The Labute approximate surface area is 108 Å². The van der Waals surface area contributed by atoms with Gasteiger partial charge < -0.3 is 10.4 Å². The molecule has 0 bridgehead atoms. The number of hydrogen-bond donors (Lipinski definition) is 2. The van der Waals surface area contributed by atoms with Crippen molar-refractivity contribution in [3.8, 4) is 5.75 Å². The molecule has 0 spiro atoms. The maximum absolute atomic E-state index is 13.4. The van der Waals surface area contributed by atoms with Crippen LogP contribution < -0.4 is 5.32 Å². The van der Waals surface area contributed by atoms with Crippen molar-refractivity contribution in [3.63, 3.8) is 0 Å². The molecule has 0 radical (unpaired) electrons. The van der Waals surface area contributed by atoms with Gasteiger partial charge in [0, 0.05) is 24.2 Å². The van der Waals surface area contributed by atoms with Gasteiger partial charge in [-0.3, -0.25) is 0 Å². The summed E-state index contributed by atoms with van der Waals surface area (Å²) in [5, 5.41) is 12.3. The molecule has 2 rings (SSSR count). The number of halogens is 3. The Morgan fingerprint density at radius 1 is 1.16 bits per heavy atom. The maximum Gasteiger partial charge on any atom is 0.182 e. The lowest BCUT2D eigenvalue weighted by atomic mass is 10.1. The predicted octanol–water partition coefficient (Wildman–Crippen LogP) is 3.73. The van der Waals surface area contributed by atoms with Gasteiger partial charge in [-0.25, -0.2) is 13.2 Å². The van der Waals surface area contributed by atoms with Gasteiger partial charge in [0.15, 0.2) is 11.6 Å². The Morgan fingerprint density at radius 2 is 1.89 bits per heavy atom. The van der Waals surface area contributed by atoms with E-state index < -0.39 is 17.5 Å². The van der Waals surface area contributed by atoms with E-state index in [1.54, 1.807) is 25.1 Å². The maximum atomic E-state index is 13.4. The number of rotatable bonds is 3. The lowest BCUT2D eigenvalue weighted by molar-refractivity contribution is 0.464. The number of para-hydroxylation sites is 1. The zero-order chi connectivity index (χ0) is 14.0. The minimum absolute atomic E-state index is 0.0628. The SMILES string of the molecule is Cc1cccc(CNc2cc(F)cc(F)c2F)c1O. The van der Waals surface area contributed by atoms with Crippen LogP contribution in [0, 0.1) is 24.4 Å². The molecule has 0 aliphatic rings. The monoisotopic (exact) mass is 267 g/mol. The van der Waals surface area contributed by atoms with Gasteiger partial charge in [0.2, 0.25) is 0 Å². The number of benzene rings is 2. The van der Waals surface area contributed by atoms with Gasteiger partial charge in [0.1, 0.15) is 11.6 Å². The predicted molar refractivity (Wildman–Crippen MR) is 66.5 cm³/mol. The first-order chi connectivity index (χ1) is 8.99. The molecule has 0 saturated carbocycles. The van der Waals surface area contributed by atoms with Crippen LogP contribution in [0.5, 0.6) is 5.75 Å². The fraction of sp³-hybridized carbons (Fsp3) is 0.143. The van der Waals surface area contributed by atoms with Crippen molar-refractivity contribution in [2.24, 2.45) is 0 Å². The van der Waals surface area contributed by atoms with Crippen LogP contribution in [0.4, 0.5) is 18.9 Å². The van der Waals surface area contributed by atoms with Crippen LogP contribution in [0.1, 0.15) is 11.1 Å². The summed E-state index contributed by atoms with van der Waals surface area (Å²) in [6.07, 6.45) is 0. The molecule has 0 fully saturated rings. The lowest BCUT2D eigenvalue weighted by Crippen LogP contribution is -2.04. The molecule has 0 unspecified atom stereocenters. The van der Waals surface area contributed by atoms with E-state index in [0.29, 0.717) is 17.2 Å². The van der Waals surface area contributed by atoms with Crippen LogP contribution >= 0.6 is 0 Å². The zero-order valence-electron chi connectivity index (χ0n) is 10.2. The molecule has 0 atom stereocenters. The van der Waals surface area contributed by atoms with E-state index >= 15 is 0 Å². The molecule has 2 aromatic rings. The number of aromatic hydroxyl groups is 1. The molecule has 0 saturated heterocycles. The Kier molecular flexibility index (Phi) is 3.64. The van der Waals surface area contributed by atoms with Crippen LogP contribution in [-0.2, 0) is 6.54 Å². The molecule has 2 nitrogen and oxygen atoms in total. The van der Waals surface area contributed by atoms with Crippen molar-refractivity contribution in [1.29, 1.82) is 0 Å². The third kappa shape index (κ3) is 2.81. The number of anilines is 1. The van der Waals surface area contributed by atoms with Crippen molar-refractivity contribution < 1.29 is 18.3 Å². The molecule has 19 heavy (non-hydrogen) atoms. The van der Waals surface area contributed by atoms with Crippen LogP contribution in [-0.4, -0.2) is 5.11 Å². The summed E-state index contributed by atoms with van der Waals surface area (Å²) in [5.74, 6) is -3.19. The zero-order valence-corrected chi connectivity index (χ0v) is 10.2. The summed E-state index contributed by atoms with van der Waals surface area (Å²) in [6.45, 7) is 1.79. The van der Waals surface area contributed by atoms with Crippen LogP contribution in [0.25, 0.3) is 0 Å². The molecule has 100 valence electrons. The van der Waals surface area contributed by atoms with Gasteiger partial charge in [0.25, 0.3) is 0 Å². The van der Waals surface area contributed by atoms with Gasteiger partial charge >= 0.3 is 0 Å². The smallest absolute Gasteiger partial charge is 0.182 e. The molecule has 2 aromatic carbocycles. The highest BCUT2D eigenvalue weighted by atomic mass is 19.2. The highest BCUT2D eigenvalue weighted by Gasteiger charge is 2.11. The lowest BCUT2D eigenvalue weighted by Gasteiger charge is -2.10. The summed E-state index contributed by atoms with van der Waals surface area (Å²) < 4.78 is 39.4. The van der Waals surface area contributed by atoms with Crippen molar-refractivity contribution in [2.75, 3.05) is 5.32 Å². The number of aryl methyl sites for hydroxylation is 1. The summed E-state index contributed by atoms with van der Waals surface area (Å²) in [4.78, 5) is 0. The molecule has 2 N–H and O–H groups in total. The molecule has 0 aromatic heterocycles. The van der Waals surface area contributed by atoms with Gasteiger partial charge in [-0.2, -0.15) is 0 Å². The van der Waals surface area contributed by atoms with E-state index in [1.165, 1.54) is 0 Å². The average molecular weight is 267 g/mol. The Balaban J connectivity index is 2.21. The van der Waals surface area contributed by atoms with Crippen molar-refractivity contribution in [3.05, 3.63) is 58.9 Å². The second-order valence-corrected chi connectivity index (χ2v) is 4.19. The van der Waals surface area contributed by atoms with E-state index in [9.17, 15) is 18.3 Å². The fourth-order valence-corrected chi connectivity index (χ4v) is 1.74. The Morgan fingerprint density at radius 3 is 2.63 bits per heavy atom. The molecule has 0 heterocycles. The van der Waals surface area contributed by atoms with Gasteiger partial charge in [-0.05, 0) is 12.5 Å². The minimum Gasteiger partial charge on any atom is -0.507 e. The van der Waals surface area contributed by atoms with Gasteiger partial charge in [-0.1, -0.05) is 18.2 Å². The molecular formula is C14H12F3NO. The largest absolute Gasteiger partial charge is 0.507 e. The molecular weight excluding hydrogens is 255 g/mol. The summed E-state index contributed by atoms with van der Waals surface area (Å²) in [7, 11) is 0. The van der Waals surface area contributed by atoms with Crippen LogP contribution in [0.15, 0.2) is 30.3 Å². The summed E-state index contributed by atoms with van der Waals surface area (Å²) >= 11 is 0. The number of phenolic OH excluding ortho intramolecular Hbond substituents is 1. The first kappa shape index (κ1) is 13.3. The third-order valence-electron chi connectivity index (χ3n) is 2.78. The first-order valence-corrected chi connectivity index (χ1v) is 5.65. The number of hydrogen-bond acceptors (Lipinski definition) is 2. The molecule has 0 amide bonds. The number of phenols is 1. The highest BCUT2D eigenvalue weighted by molar-refractivity contribution is 5.48. The van der Waals surface area contributed by atoms with Crippen LogP contribution in [0.3, 0.4) is 0 Å². The second kappa shape index (κ2) is 5.22. The standard InChI is InChI=1S/C14H12F3NO/c1-8-3-2-4-9(14(8)19)7-18-12-6-10(15)5-11(16)13(12)17/h2-6,18-19H,7H2,1H3. The average Bonchev–Trinajstić information content (AvgIpc) is 2.36. The summed E-state index contributed by atoms with van der Waals surface area (Å²) in [5.41, 5.74) is 0.910. The first-order valence-electron chi connectivity index (χ1n) is 5.65. The highest BCUT2D eigenvalue weighted by Crippen LogP contribution is 2.24. The van der Waals surface area contributed by atoms with E-state index in [4.69, 9.17) is 0 Å². The van der Waals surface area contributed by atoms with E-state index in [-0.39, 0.29) is 18.0 Å². The topological polar surface area (TPSA) is 32.3 Å². The fourth-order valence-electron chi connectivity index (χ4n) is 1.74. The normalized spacial score (nSPS) is 10.5. The van der Waals surface area contributed by atoms with Gasteiger partial charge in [0.05, 0.1) is 5.69 Å². The van der Waals surface area contributed by atoms with E-state index in [0.717, 1.165) is 6.07 Å². The quantitative estimate of drug-likeness (QED) is 0.830. The van der Waals surface area contributed by atoms with Crippen molar-refractivity contribution in [1.82, 2.24) is 0 Å². The third-order valence-corrected chi connectivity index (χ3v) is 2.78. The summed E-state index contributed by atoms with van der Waals surface area (Å²) in [6, 6.07) is 6.44. The number of nitrogens with one attached hydrogen (secondary N) is 1. The van der Waals surface area contributed by atoms with Crippen LogP contribution in [0.2, 0.25) is 0 Å². The second-order valence-electron chi connectivity index (χ2n) is 4.19. The molecule has 0 aliphatic heterocycles. The molecule has 0 aliphatic carbocycles. The van der Waals surface area contributed by atoms with E-state index in [2.05, 4.69) is 5.32 Å². The van der Waals surface area contributed by atoms with Crippen molar-refractivity contribution in [2.45, 2.75) is 13.5 Å². The van der Waals surface area contributed by atoms with Gasteiger partial charge in [-0.15, -0.1) is 0 Å². The van der Waals surface area contributed by atoms with E-state index in [1.807, 2.05) is 0 Å². The van der Waals surface area contributed by atoms with Crippen molar-refractivity contribution >= 4 is 5.69 Å². The minimum atomic E-state index is -1.25. The Hall–Kier alpha value is -2.17. The Bertz CT molecular complexity index is 614. The molecule has 5 heteroatoms.